The van der Waals surface area contributed by atoms with Crippen molar-refractivity contribution >= 4 is 45.9 Å². The minimum Gasteiger partial charge on any atom is -0.481 e. The second-order valence-corrected chi connectivity index (χ2v) is 5.70. The zero-order valence-electron chi connectivity index (χ0n) is 10.1. The lowest BCUT2D eigenvalue weighted by Crippen LogP contribution is -2.19. The van der Waals surface area contributed by atoms with Gasteiger partial charge in [-0.2, -0.15) is 0 Å². The van der Waals surface area contributed by atoms with Crippen LogP contribution in [0.5, 0.6) is 0 Å². The quantitative estimate of drug-likeness (QED) is 0.578. The predicted octanol–water partition coefficient (Wildman–Crippen LogP) is 2.36. The fourth-order valence-electron chi connectivity index (χ4n) is 1.22. The summed E-state index contributed by atoms with van der Waals surface area (Å²) in [6.45, 7) is 0. The molecule has 7 nitrogen and oxygen atoms in total. The van der Waals surface area contributed by atoms with E-state index in [4.69, 9.17) is 5.11 Å². The fraction of sp³-hybridized carbons (Fsp3) is 0.0909. The highest BCUT2D eigenvalue weighted by Crippen LogP contribution is 2.25. The molecule has 2 rings (SSSR count). The van der Waals surface area contributed by atoms with Crippen molar-refractivity contribution in [2.24, 2.45) is 0 Å². The maximum atomic E-state index is 11.7. The van der Waals surface area contributed by atoms with Crippen LogP contribution < -0.4 is 10.6 Å². The van der Waals surface area contributed by atoms with E-state index in [9.17, 15) is 9.59 Å². The first-order valence-corrected chi connectivity index (χ1v) is 7.25. The van der Waals surface area contributed by atoms with E-state index in [2.05, 4.69) is 20.8 Å². The third kappa shape index (κ3) is 4.52. The Morgan fingerprint density at radius 2 is 1.95 bits per heavy atom. The van der Waals surface area contributed by atoms with E-state index in [1.807, 2.05) is 6.07 Å². The standard InChI is InChI=1S/C11H10N4O3S2/c16-8(17)6-19-11-15-14-10(20-11)13-9(18)12-7-4-2-1-3-5-7/h1-5H,6H2,(H,16,17)(H2,12,13,14,18). The number of para-hydroxylation sites is 1. The molecule has 1 aromatic heterocycles. The lowest BCUT2D eigenvalue weighted by atomic mass is 10.3. The predicted molar refractivity (Wildman–Crippen MR) is 77.4 cm³/mol. The molecule has 0 saturated carbocycles. The zero-order chi connectivity index (χ0) is 14.4. The van der Waals surface area contributed by atoms with Crippen molar-refractivity contribution < 1.29 is 14.7 Å². The summed E-state index contributed by atoms with van der Waals surface area (Å²) >= 11 is 2.17. The first-order valence-electron chi connectivity index (χ1n) is 5.44. The van der Waals surface area contributed by atoms with E-state index in [1.54, 1.807) is 24.3 Å². The molecule has 0 spiro atoms. The number of amides is 2. The van der Waals surface area contributed by atoms with Crippen molar-refractivity contribution in [2.75, 3.05) is 16.4 Å². The van der Waals surface area contributed by atoms with E-state index in [1.165, 1.54) is 0 Å². The molecule has 20 heavy (non-hydrogen) atoms. The summed E-state index contributed by atoms with van der Waals surface area (Å²) in [4.78, 5) is 22.1. The van der Waals surface area contributed by atoms with Crippen LogP contribution in [0.3, 0.4) is 0 Å². The molecule has 0 aliphatic rings. The van der Waals surface area contributed by atoms with Gasteiger partial charge in [0.15, 0.2) is 4.34 Å². The molecular formula is C11H10N4O3S2. The number of hydrogen-bond donors (Lipinski definition) is 3. The summed E-state index contributed by atoms with van der Waals surface area (Å²) < 4.78 is 0.488. The lowest BCUT2D eigenvalue weighted by Gasteiger charge is -2.03. The Balaban J connectivity index is 1.87. The van der Waals surface area contributed by atoms with Crippen LogP contribution in [0.4, 0.5) is 15.6 Å². The van der Waals surface area contributed by atoms with E-state index in [0.29, 0.717) is 15.2 Å². The van der Waals surface area contributed by atoms with Crippen molar-refractivity contribution in [3.8, 4) is 0 Å². The molecule has 1 aromatic carbocycles. The molecule has 0 radical (unpaired) electrons. The molecular weight excluding hydrogens is 300 g/mol. The van der Waals surface area contributed by atoms with Gasteiger partial charge in [0.25, 0.3) is 0 Å². The van der Waals surface area contributed by atoms with Gasteiger partial charge in [0.2, 0.25) is 5.13 Å². The maximum absolute atomic E-state index is 11.7. The Bertz CT molecular complexity index is 603. The van der Waals surface area contributed by atoms with Gasteiger partial charge in [-0.1, -0.05) is 41.3 Å². The Labute approximate surface area is 122 Å². The van der Waals surface area contributed by atoms with Crippen LogP contribution in [-0.2, 0) is 4.79 Å². The summed E-state index contributed by atoms with van der Waals surface area (Å²) in [6.07, 6.45) is 0. The topological polar surface area (TPSA) is 104 Å². The highest BCUT2D eigenvalue weighted by molar-refractivity contribution is 8.01. The van der Waals surface area contributed by atoms with Crippen molar-refractivity contribution in [2.45, 2.75) is 4.34 Å². The molecule has 2 aromatic rings. The summed E-state index contributed by atoms with van der Waals surface area (Å²) in [5.41, 5.74) is 0.662. The number of carbonyl (C=O) groups is 2. The fourth-order valence-corrected chi connectivity index (χ4v) is 2.69. The second kappa shape index (κ2) is 6.87. The third-order valence-corrected chi connectivity index (χ3v) is 3.93. The summed E-state index contributed by atoms with van der Waals surface area (Å²) in [7, 11) is 0. The van der Waals surface area contributed by atoms with Gasteiger partial charge in [0.05, 0.1) is 5.75 Å². The van der Waals surface area contributed by atoms with E-state index in [-0.39, 0.29) is 5.75 Å². The Morgan fingerprint density at radius 1 is 1.20 bits per heavy atom. The van der Waals surface area contributed by atoms with Gasteiger partial charge in [0, 0.05) is 5.69 Å². The molecule has 9 heteroatoms. The number of anilines is 2. The van der Waals surface area contributed by atoms with Gasteiger partial charge in [-0.25, -0.2) is 4.79 Å². The monoisotopic (exact) mass is 310 g/mol. The number of carboxylic acid groups (broad SMARTS) is 1. The number of benzene rings is 1. The number of aliphatic carboxylic acids is 1. The SMILES string of the molecule is O=C(O)CSc1nnc(NC(=O)Nc2ccccc2)s1. The smallest absolute Gasteiger partial charge is 0.325 e. The van der Waals surface area contributed by atoms with Gasteiger partial charge in [-0.3, -0.25) is 10.1 Å². The molecule has 0 unspecified atom stereocenters. The van der Waals surface area contributed by atoms with E-state index < -0.39 is 12.0 Å². The largest absolute Gasteiger partial charge is 0.481 e. The maximum Gasteiger partial charge on any atom is 0.325 e. The number of carbonyl (C=O) groups excluding carboxylic acids is 1. The minimum atomic E-state index is -0.929. The van der Waals surface area contributed by atoms with Crippen molar-refractivity contribution in [3.05, 3.63) is 30.3 Å². The zero-order valence-corrected chi connectivity index (χ0v) is 11.7. The molecule has 0 aliphatic carbocycles. The average molecular weight is 310 g/mol. The molecule has 104 valence electrons. The number of rotatable bonds is 5. The highest BCUT2D eigenvalue weighted by Gasteiger charge is 2.09. The number of urea groups is 1. The van der Waals surface area contributed by atoms with Crippen LogP contribution in [0.25, 0.3) is 0 Å². The van der Waals surface area contributed by atoms with Crippen molar-refractivity contribution in [1.29, 1.82) is 0 Å². The molecule has 0 bridgehead atoms. The summed E-state index contributed by atoms with van der Waals surface area (Å²) in [5.74, 6) is -1.02. The van der Waals surface area contributed by atoms with Crippen LogP contribution in [-0.4, -0.2) is 33.1 Å². The highest BCUT2D eigenvalue weighted by atomic mass is 32.2. The Morgan fingerprint density at radius 3 is 2.65 bits per heavy atom. The van der Waals surface area contributed by atoms with Gasteiger partial charge in [-0.05, 0) is 12.1 Å². The van der Waals surface area contributed by atoms with Gasteiger partial charge >= 0.3 is 12.0 Å². The third-order valence-electron chi connectivity index (χ3n) is 1.98. The van der Waals surface area contributed by atoms with E-state index >= 15 is 0 Å². The molecule has 0 fully saturated rings. The Kier molecular flexibility index (Phi) is 4.91. The molecule has 3 N–H and O–H groups in total. The number of aromatic nitrogens is 2. The van der Waals surface area contributed by atoms with E-state index in [0.717, 1.165) is 23.1 Å². The van der Waals surface area contributed by atoms with Crippen LogP contribution in [0.15, 0.2) is 34.7 Å². The molecule has 1 heterocycles. The number of nitrogens with one attached hydrogen (secondary N) is 2. The molecule has 0 saturated heterocycles. The first-order chi connectivity index (χ1) is 9.63. The van der Waals surface area contributed by atoms with Crippen LogP contribution in [0, 0.1) is 0 Å². The van der Waals surface area contributed by atoms with Gasteiger partial charge in [0.1, 0.15) is 0 Å². The summed E-state index contributed by atoms with van der Waals surface area (Å²) in [5, 5.41) is 21.6. The van der Waals surface area contributed by atoms with Gasteiger partial charge in [-0.15, -0.1) is 10.2 Å². The molecule has 0 aliphatic heterocycles. The van der Waals surface area contributed by atoms with Gasteiger partial charge < -0.3 is 10.4 Å². The van der Waals surface area contributed by atoms with Crippen molar-refractivity contribution in [1.82, 2.24) is 10.2 Å². The summed E-state index contributed by atoms with van der Waals surface area (Å²) in [6, 6.07) is 8.55. The average Bonchev–Trinajstić information content (AvgIpc) is 2.85. The second-order valence-electron chi connectivity index (χ2n) is 3.50. The number of thioether (sulfide) groups is 1. The normalized spacial score (nSPS) is 10.0. The first kappa shape index (κ1) is 14.3. The van der Waals surface area contributed by atoms with Crippen molar-refractivity contribution in [3.63, 3.8) is 0 Å². The number of carboxylic acids is 1. The molecule has 0 atom stereocenters. The Hall–Kier alpha value is -2.13. The lowest BCUT2D eigenvalue weighted by molar-refractivity contribution is -0.133. The number of hydrogen-bond acceptors (Lipinski definition) is 6. The molecule has 2 amide bonds. The number of nitrogens with zero attached hydrogens (tertiary/aromatic N) is 2. The van der Waals surface area contributed by atoms with Crippen LogP contribution in [0.1, 0.15) is 0 Å². The van der Waals surface area contributed by atoms with Crippen LogP contribution in [0.2, 0.25) is 0 Å². The minimum absolute atomic E-state index is 0.0924. The van der Waals surface area contributed by atoms with Crippen LogP contribution >= 0.6 is 23.1 Å².